The van der Waals surface area contributed by atoms with Crippen molar-refractivity contribution in [1.29, 1.82) is 0 Å². The third-order valence-electron chi connectivity index (χ3n) is 2.93. The zero-order valence-corrected chi connectivity index (χ0v) is 10.5. The fourth-order valence-corrected chi connectivity index (χ4v) is 2.35. The summed E-state index contributed by atoms with van der Waals surface area (Å²) < 4.78 is 0. The highest BCUT2D eigenvalue weighted by molar-refractivity contribution is 6.30. The molecule has 1 nitrogen and oxygen atoms in total. The van der Waals surface area contributed by atoms with Gasteiger partial charge in [-0.05, 0) is 55.5 Å². The van der Waals surface area contributed by atoms with Crippen molar-refractivity contribution in [2.24, 2.45) is 0 Å². The summed E-state index contributed by atoms with van der Waals surface area (Å²) in [6.45, 7) is 8.02. The number of nitrogens with one attached hydrogen (secondary N) is 1. The Morgan fingerprint density at radius 2 is 2.12 bits per heavy atom. The van der Waals surface area contributed by atoms with Gasteiger partial charge in [-0.3, -0.25) is 0 Å². The van der Waals surface area contributed by atoms with Gasteiger partial charge >= 0.3 is 0 Å². The number of allylic oxidation sites excluding steroid dienone is 3. The fraction of sp³-hybridized carbons (Fsp3) is 0.286. The molecule has 0 aromatic heterocycles. The summed E-state index contributed by atoms with van der Waals surface area (Å²) in [5.41, 5.74) is 6.23. The predicted octanol–water partition coefficient (Wildman–Crippen LogP) is 4.14. The van der Waals surface area contributed by atoms with Crippen molar-refractivity contribution in [2.75, 3.05) is 0 Å². The van der Waals surface area contributed by atoms with E-state index in [0.717, 1.165) is 23.6 Å². The standard InChI is InChI=1S/C14H16ClN/c1-9(2)16-14-7-4-11-8-12(15)5-6-13(11)10(14)3/h5-6,8,16H,1,4,7H2,2-3H3. The van der Waals surface area contributed by atoms with E-state index < -0.39 is 0 Å². The van der Waals surface area contributed by atoms with E-state index in [1.54, 1.807) is 0 Å². The summed E-state index contributed by atoms with van der Waals surface area (Å²) in [7, 11) is 0. The van der Waals surface area contributed by atoms with E-state index in [-0.39, 0.29) is 0 Å². The fourth-order valence-electron chi connectivity index (χ4n) is 2.16. The van der Waals surface area contributed by atoms with Crippen molar-refractivity contribution in [1.82, 2.24) is 5.32 Å². The molecule has 0 spiro atoms. The van der Waals surface area contributed by atoms with Crippen LogP contribution in [0.15, 0.2) is 36.2 Å². The van der Waals surface area contributed by atoms with Crippen LogP contribution in [0.1, 0.15) is 31.4 Å². The van der Waals surface area contributed by atoms with E-state index in [1.165, 1.54) is 22.4 Å². The van der Waals surface area contributed by atoms with Crippen molar-refractivity contribution in [3.63, 3.8) is 0 Å². The Labute approximate surface area is 102 Å². The summed E-state index contributed by atoms with van der Waals surface area (Å²) in [5.74, 6) is 0. The smallest absolute Gasteiger partial charge is 0.0409 e. The average Bonchev–Trinajstić information content (AvgIpc) is 2.22. The maximum absolute atomic E-state index is 6.00. The van der Waals surface area contributed by atoms with Crippen LogP contribution < -0.4 is 5.32 Å². The summed E-state index contributed by atoms with van der Waals surface area (Å²) >= 11 is 6.00. The van der Waals surface area contributed by atoms with E-state index in [4.69, 9.17) is 11.6 Å². The average molecular weight is 234 g/mol. The first-order valence-electron chi connectivity index (χ1n) is 5.49. The lowest BCUT2D eigenvalue weighted by molar-refractivity contribution is 0.819. The van der Waals surface area contributed by atoms with Gasteiger partial charge < -0.3 is 5.32 Å². The summed E-state index contributed by atoms with van der Waals surface area (Å²) in [4.78, 5) is 0. The van der Waals surface area contributed by atoms with Crippen LogP contribution in [0, 0.1) is 0 Å². The summed E-state index contributed by atoms with van der Waals surface area (Å²) in [6.07, 6.45) is 2.08. The number of rotatable bonds is 2. The van der Waals surface area contributed by atoms with Crippen molar-refractivity contribution in [3.8, 4) is 0 Å². The Kier molecular flexibility index (Phi) is 3.06. The monoisotopic (exact) mass is 233 g/mol. The second-order valence-electron chi connectivity index (χ2n) is 4.31. The molecule has 2 rings (SSSR count). The van der Waals surface area contributed by atoms with Crippen LogP contribution in [0.3, 0.4) is 0 Å². The Hall–Kier alpha value is -1.21. The molecule has 0 aliphatic heterocycles. The van der Waals surface area contributed by atoms with Gasteiger partial charge in [-0.25, -0.2) is 0 Å². The number of hydrogen-bond donors (Lipinski definition) is 1. The molecule has 0 fully saturated rings. The van der Waals surface area contributed by atoms with Gasteiger partial charge in [-0.15, -0.1) is 0 Å². The van der Waals surface area contributed by atoms with E-state index in [9.17, 15) is 0 Å². The van der Waals surface area contributed by atoms with E-state index in [1.807, 2.05) is 13.0 Å². The second-order valence-corrected chi connectivity index (χ2v) is 4.75. The molecule has 0 saturated heterocycles. The normalized spacial score (nSPS) is 14.7. The number of halogens is 1. The van der Waals surface area contributed by atoms with Crippen LogP contribution in [0.5, 0.6) is 0 Å². The molecule has 84 valence electrons. The Morgan fingerprint density at radius 1 is 1.38 bits per heavy atom. The van der Waals surface area contributed by atoms with Gasteiger partial charge in [-0.1, -0.05) is 24.2 Å². The second kappa shape index (κ2) is 4.34. The van der Waals surface area contributed by atoms with Crippen molar-refractivity contribution < 1.29 is 0 Å². The van der Waals surface area contributed by atoms with Gasteiger partial charge in [0.15, 0.2) is 0 Å². The molecule has 1 N–H and O–H groups in total. The van der Waals surface area contributed by atoms with E-state index in [0.29, 0.717) is 0 Å². The molecule has 2 heteroatoms. The number of hydrogen-bond acceptors (Lipinski definition) is 1. The van der Waals surface area contributed by atoms with E-state index in [2.05, 4.69) is 31.0 Å². The minimum atomic E-state index is 0.822. The molecule has 1 aliphatic rings. The Bertz CT molecular complexity index is 472. The largest absolute Gasteiger partial charge is 0.363 e. The molecule has 0 unspecified atom stereocenters. The topological polar surface area (TPSA) is 12.0 Å². The number of aryl methyl sites for hydroxylation is 1. The molecule has 0 radical (unpaired) electrons. The minimum Gasteiger partial charge on any atom is -0.363 e. The van der Waals surface area contributed by atoms with Crippen LogP contribution in [-0.2, 0) is 6.42 Å². The number of benzene rings is 1. The van der Waals surface area contributed by atoms with Gasteiger partial charge in [-0.2, -0.15) is 0 Å². The van der Waals surface area contributed by atoms with Crippen LogP contribution in [-0.4, -0.2) is 0 Å². The Balaban J connectivity index is 2.42. The molecule has 0 bridgehead atoms. The van der Waals surface area contributed by atoms with Crippen molar-refractivity contribution in [2.45, 2.75) is 26.7 Å². The summed E-state index contributed by atoms with van der Waals surface area (Å²) in [6, 6.07) is 6.12. The molecule has 1 aliphatic carbocycles. The SMILES string of the molecule is C=C(C)NC1=C(C)c2ccc(Cl)cc2CC1. The van der Waals surface area contributed by atoms with Gasteiger partial charge in [0.25, 0.3) is 0 Å². The quantitative estimate of drug-likeness (QED) is 0.810. The molecule has 16 heavy (non-hydrogen) atoms. The first-order chi connectivity index (χ1) is 7.58. The van der Waals surface area contributed by atoms with Gasteiger partial charge in [0.05, 0.1) is 0 Å². The van der Waals surface area contributed by atoms with Gasteiger partial charge in [0.2, 0.25) is 0 Å². The lowest BCUT2D eigenvalue weighted by Crippen LogP contribution is -2.16. The highest BCUT2D eigenvalue weighted by Crippen LogP contribution is 2.31. The molecule has 1 aromatic carbocycles. The van der Waals surface area contributed by atoms with Crippen molar-refractivity contribution >= 4 is 17.2 Å². The summed E-state index contributed by atoms with van der Waals surface area (Å²) in [5, 5.41) is 4.16. The lowest BCUT2D eigenvalue weighted by Gasteiger charge is -2.22. The van der Waals surface area contributed by atoms with Crippen LogP contribution in [0.25, 0.3) is 5.57 Å². The lowest BCUT2D eigenvalue weighted by atomic mass is 9.89. The van der Waals surface area contributed by atoms with Gasteiger partial charge in [0.1, 0.15) is 0 Å². The zero-order chi connectivity index (χ0) is 11.7. The zero-order valence-electron chi connectivity index (χ0n) is 9.73. The van der Waals surface area contributed by atoms with Crippen LogP contribution >= 0.6 is 11.6 Å². The highest BCUT2D eigenvalue weighted by atomic mass is 35.5. The minimum absolute atomic E-state index is 0.822. The maximum atomic E-state index is 6.00. The van der Waals surface area contributed by atoms with E-state index >= 15 is 0 Å². The molecule has 0 saturated carbocycles. The number of fused-ring (bicyclic) bond motifs is 1. The maximum Gasteiger partial charge on any atom is 0.0409 e. The molecule has 0 atom stereocenters. The third-order valence-corrected chi connectivity index (χ3v) is 3.17. The molecule has 1 aromatic rings. The molecular formula is C14H16ClN. The molecule has 0 heterocycles. The third kappa shape index (κ3) is 2.14. The van der Waals surface area contributed by atoms with Crippen molar-refractivity contribution in [3.05, 3.63) is 52.3 Å². The van der Waals surface area contributed by atoms with Crippen LogP contribution in [0.2, 0.25) is 5.02 Å². The predicted molar refractivity (Wildman–Crippen MR) is 70.3 cm³/mol. The van der Waals surface area contributed by atoms with Gasteiger partial charge in [0, 0.05) is 16.4 Å². The van der Waals surface area contributed by atoms with Crippen LogP contribution in [0.4, 0.5) is 0 Å². The Morgan fingerprint density at radius 3 is 2.81 bits per heavy atom. The molecular weight excluding hydrogens is 218 g/mol. The molecule has 0 amide bonds. The first kappa shape index (κ1) is 11.3. The first-order valence-corrected chi connectivity index (χ1v) is 5.87. The highest BCUT2D eigenvalue weighted by Gasteiger charge is 2.15.